The summed E-state index contributed by atoms with van der Waals surface area (Å²) in [4.78, 5) is 9.78. The van der Waals surface area contributed by atoms with Gasteiger partial charge in [0.1, 0.15) is 0 Å². The lowest BCUT2D eigenvalue weighted by atomic mass is 9.90. The molecular formula is C30H40N4. The molecule has 34 heavy (non-hydrogen) atoms. The first-order valence-electron chi connectivity index (χ1n) is 13.0. The molecule has 4 heteroatoms. The van der Waals surface area contributed by atoms with Gasteiger partial charge in [0.05, 0.1) is 5.70 Å². The molecule has 0 bridgehead atoms. The van der Waals surface area contributed by atoms with Gasteiger partial charge in [0, 0.05) is 36.5 Å². The second-order valence-electron chi connectivity index (χ2n) is 10.0. The van der Waals surface area contributed by atoms with Crippen molar-refractivity contribution < 1.29 is 0 Å². The van der Waals surface area contributed by atoms with Crippen molar-refractivity contribution >= 4 is 23.1 Å². The van der Waals surface area contributed by atoms with Gasteiger partial charge in [-0.1, -0.05) is 38.1 Å². The first-order valence-corrected chi connectivity index (χ1v) is 13.0. The molecule has 1 aliphatic carbocycles. The summed E-state index contributed by atoms with van der Waals surface area (Å²) in [5.74, 6) is 1.26. The Balaban J connectivity index is 1.57. The fourth-order valence-corrected chi connectivity index (χ4v) is 4.86. The minimum absolute atomic E-state index is 0.380. The fourth-order valence-electron chi connectivity index (χ4n) is 4.86. The van der Waals surface area contributed by atoms with Crippen molar-refractivity contribution in [3.05, 3.63) is 69.8 Å². The van der Waals surface area contributed by atoms with E-state index in [0.29, 0.717) is 5.92 Å². The number of fused-ring (bicyclic) bond motifs is 1. The van der Waals surface area contributed by atoms with E-state index < -0.39 is 0 Å². The van der Waals surface area contributed by atoms with Crippen LogP contribution in [0.15, 0.2) is 46.4 Å². The van der Waals surface area contributed by atoms with Crippen molar-refractivity contribution in [1.82, 2.24) is 5.32 Å². The van der Waals surface area contributed by atoms with Gasteiger partial charge in [-0.2, -0.15) is 0 Å². The number of aryl methyl sites for hydroxylation is 4. The molecule has 2 N–H and O–H groups in total. The van der Waals surface area contributed by atoms with Crippen molar-refractivity contribution in [2.45, 2.75) is 73.1 Å². The molecule has 0 aromatic heterocycles. The number of nitrogens with one attached hydrogen (secondary N) is 2. The summed E-state index contributed by atoms with van der Waals surface area (Å²) in [6.45, 7) is 12.9. The molecule has 2 aromatic rings. The third-order valence-corrected chi connectivity index (χ3v) is 7.05. The average molecular weight is 457 g/mol. The Morgan fingerprint density at radius 3 is 2.56 bits per heavy atom. The zero-order valence-electron chi connectivity index (χ0n) is 21.6. The van der Waals surface area contributed by atoms with Crippen LogP contribution in [-0.2, 0) is 19.3 Å². The van der Waals surface area contributed by atoms with Crippen molar-refractivity contribution in [3.63, 3.8) is 0 Å². The van der Waals surface area contributed by atoms with Crippen LogP contribution in [0.2, 0.25) is 0 Å². The van der Waals surface area contributed by atoms with Crippen LogP contribution < -0.4 is 10.6 Å². The monoisotopic (exact) mass is 456 g/mol. The smallest absolute Gasteiger partial charge is 0.195 e. The molecule has 0 unspecified atom stereocenters. The van der Waals surface area contributed by atoms with Crippen LogP contribution in [0.3, 0.4) is 0 Å². The second-order valence-corrected chi connectivity index (χ2v) is 10.0. The maximum Gasteiger partial charge on any atom is 0.195 e. The Bertz CT molecular complexity index is 1120. The number of allylic oxidation sites excluding steroid dienone is 1. The van der Waals surface area contributed by atoms with Crippen LogP contribution in [0.25, 0.3) is 5.70 Å². The van der Waals surface area contributed by atoms with Gasteiger partial charge in [0.15, 0.2) is 5.96 Å². The normalized spacial score (nSPS) is 16.7. The molecule has 1 heterocycles. The quantitative estimate of drug-likeness (QED) is 0.478. The topological polar surface area (TPSA) is 48.8 Å². The van der Waals surface area contributed by atoms with Gasteiger partial charge in [0.25, 0.3) is 0 Å². The Labute approximate surface area is 205 Å². The predicted molar refractivity (Wildman–Crippen MR) is 147 cm³/mol. The van der Waals surface area contributed by atoms with E-state index in [1.807, 2.05) is 0 Å². The van der Waals surface area contributed by atoms with Crippen LogP contribution in [0.5, 0.6) is 0 Å². The van der Waals surface area contributed by atoms with Gasteiger partial charge in [-0.25, -0.2) is 0 Å². The van der Waals surface area contributed by atoms with Gasteiger partial charge in [-0.3, -0.25) is 9.98 Å². The van der Waals surface area contributed by atoms with Crippen LogP contribution in [-0.4, -0.2) is 24.8 Å². The van der Waals surface area contributed by atoms with Gasteiger partial charge in [0.2, 0.25) is 0 Å². The summed E-state index contributed by atoms with van der Waals surface area (Å²) in [7, 11) is 0. The molecule has 0 fully saturated rings. The van der Waals surface area contributed by atoms with Crippen molar-refractivity contribution in [2.75, 3.05) is 18.4 Å². The standard InChI is InChI=1S/C30H40N4/c1-6-27(25-13-12-23-10-7-8-11-24(23)18-25)33-28(20(2)3)19-26-16-22(5)29(17-21(26)4)34-30-31-14-9-15-32-30/h6,12-13,16-18,20H,7-11,14-15,19H2,1-5H3,(H2,31,32,34)/b27-6-,33-28?. The van der Waals surface area contributed by atoms with Crippen LogP contribution in [0.1, 0.15) is 73.4 Å². The van der Waals surface area contributed by atoms with E-state index in [1.165, 1.54) is 64.8 Å². The summed E-state index contributed by atoms with van der Waals surface area (Å²) < 4.78 is 0. The minimum atomic E-state index is 0.380. The van der Waals surface area contributed by atoms with Crippen molar-refractivity contribution in [1.29, 1.82) is 0 Å². The van der Waals surface area contributed by atoms with Gasteiger partial charge < -0.3 is 10.6 Å². The maximum absolute atomic E-state index is 5.23. The molecule has 1 aliphatic heterocycles. The Morgan fingerprint density at radius 2 is 1.85 bits per heavy atom. The lowest BCUT2D eigenvalue weighted by Crippen LogP contribution is -2.35. The number of benzene rings is 2. The van der Waals surface area contributed by atoms with E-state index in [-0.39, 0.29) is 0 Å². The molecule has 0 saturated heterocycles. The molecule has 0 radical (unpaired) electrons. The van der Waals surface area contributed by atoms with Crippen LogP contribution >= 0.6 is 0 Å². The second kappa shape index (κ2) is 11.0. The fraction of sp³-hybridized carbons (Fsp3) is 0.467. The number of rotatable bonds is 6. The molecule has 180 valence electrons. The van der Waals surface area contributed by atoms with Gasteiger partial charge in [-0.15, -0.1) is 0 Å². The highest BCUT2D eigenvalue weighted by atomic mass is 15.2. The van der Waals surface area contributed by atoms with E-state index in [2.05, 4.69) is 86.7 Å². The van der Waals surface area contributed by atoms with Gasteiger partial charge in [-0.05, 0) is 98.7 Å². The van der Waals surface area contributed by atoms with Crippen LogP contribution in [0, 0.1) is 19.8 Å². The lowest BCUT2D eigenvalue weighted by Gasteiger charge is -2.20. The SMILES string of the molecule is C/C=C(\N=C(Cc1cc(C)c(NC2=NCCCN2)cc1C)C(C)C)c1ccc2c(c1)CCCC2. The summed E-state index contributed by atoms with van der Waals surface area (Å²) in [6.07, 6.45) is 9.16. The van der Waals surface area contributed by atoms with Crippen LogP contribution in [0.4, 0.5) is 5.69 Å². The molecule has 0 atom stereocenters. The molecular weight excluding hydrogens is 416 g/mol. The molecule has 0 amide bonds. The largest absolute Gasteiger partial charge is 0.356 e. The number of aliphatic imine (C=N–C) groups is 2. The zero-order valence-corrected chi connectivity index (χ0v) is 21.6. The number of hydrogen-bond donors (Lipinski definition) is 2. The van der Waals surface area contributed by atoms with E-state index in [4.69, 9.17) is 4.99 Å². The van der Waals surface area contributed by atoms with Gasteiger partial charge >= 0.3 is 0 Å². The summed E-state index contributed by atoms with van der Waals surface area (Å²) in [6, 6.07) is 11.5. The summed E-state index contributed by atoms with van der Waals surface area (Å²) in [5.41, 5.74) is 11.6. The number of guanidine groups is 1. The molecule has 2 aliphatic rings. The molecule has 2 aromatic carbocycles. The van der Waals surface area contributed by atoms with E-state index in [0.717, 1.165) is 43.3 Å². The molecule has 4 nitrogen and oxygen atoms in total. The lowest BCUT2D eigenvalue weighted by molar-refractivity contribution is 0.685. The zero-order chi connectivity index (χ0) is 24.1. The molecule has 0 saturated carbocycles. The Kier molecular flexibility index (Phi) is 7.87. The Morgan fingerprint density at radius 1 is 1.06 bits per heavy atom. The highest BCUT2D eigenvalue weighted by Gasteiger charge is 2.15. The molecule has 4 rings (SSSR count). The van der Waals surface area contributed by atoms with E-state index in [9.17, 15) is 0 Å². The maximum atomic E-state index is 5.23. The summed E-state index contributed by atoms with van der Waals surface area (Å²) >= 11 is 0. The molecule has 0 spiro atoms. The first-order chi connectivity index (χ1) is 16.4. The van der Waals surface area contributed by atoms with E-state index in [1.54, 1.807) is 0 Å². The minimum Gasteiger partial charge on any atom is -0.356 e. The highest BCUT2D eigenvalue weighted by Crippen LogP contribution is 2.27. The predicted octanol–water partition coefficient (Wildman–Crippen LogP) is 6.64. The Hall–Kier alpha value is -2.88. The third kappa shape index (κ3) is 5.78. The average Bonchev–Trinajstić information content (AvgIpc) is 2.84. The van der Waals surface area contributed by atoms with Crippen molar-refractivity contribution in [2.24, 2.45) is 15.9 Å². The number of hydrogen-bond acceptors (Lipinski definition) is 4. The number of anilines is 1. The highest BCUT2D eigenvalue weighted by molar-refractivity contribution is 5.95. The first kappa shape index (κ1) is 24.3. The number of nitrogens with zero attached hydrogens (tertiary/aromatic N) is 2. The van der Waals surface area contributed by atoms with Crippen molar-refractivity contribution in [3.8, 4) is 0 Å². The third-order valence-electron chi connectivity index (χ3n) is 7.05. The summed E-state index contributed by atoms with van der Waals surface area (Å²) in [5, 5.41) is 6.83. The van der Waals surface area contributed by atoms with E-state index >= 15 is 0 Å².